The van der Waals surface area contributed by atoms with Crippen molar-refractivity contribution in [1.29, 1.82) is 0 Å². The first-order chi connectivity index (χ1) is 10.3. The fourth-order valence-electron chi connectivity index (χ4n) is 2.45. The van der Waals surface area contributed by atoms with Gasteiger partial charge in [-0.1, -0.05) is 41.9 Å². The van der Waals surface area contributed by atoms with Gasteiger partial charge in [0.1, 0.15) is 5.69 Å². The number of amides is 1. The van der Waals surface area contributed by atoms with Gasteiger partial charge in [-0.25, -0.2) is 4.98 Å². The van der Waals surface area contributed by atoms with Crippen molar-refractivity contribution in [2.45, 2.75) is 6.04 Å². The molecule has 0 N–H and O–H groups in total. The van der Waals surface area contributed by atoms with E-state index in [9.17, 15) is 4.79 Å². The lowest BCUT2D eigenvalue weighted by Gasteiger charge is -2.35. The second-order valence-corrected chi connectivity index (χ2v) is 5.30. The summed E-state index contributed by atoms with van der Waals surface area (Å²) < 4.78 is 5.54. The molecule has 1 aliphatic heterocycles. The van der Waals surface area contributed by atoms with Gasteiger partial charge in [0.05, 0.1) is 24.3 Å². The monoisotopic (exact) mass is 302 g/mol. The number of rotatable bonds is 2. The number of carbonyl (C=O) groups excluding carboxylic acids is 1. The lowest BCUT2D eigenvalue weighted by atomic mass is 10.0. The lowest BCUT2D eigenvalue weighted by Crippen LogP contribution is -2.43. The molecule has 5 heteroatoms. The highest BCUT2D eigenvalue weighted by Gasteiger charge is 2.29. The van der Waals surface area contributed by atoms with Crippen molar-refractivity contribution in [3.05, 3.63) is 64.9 Å². The highest BCUT2D eigenvalue weighted by Crippen LogP contribution is 2.25. The maximum absolute atomic E-state index is 12.7. The summed E-state index contributed by atoms with van der Waals surface area (Å²) in [7, 11) is 0. The minimum Gasteiger partial charge on any atom is -0.377 e. The Hall–Kier alpha value is -1.91. The number of aromatic nitrogens is 1. The molecule has 1 saturated heterocycles. The number of morpholine rings is 1. The minimum atomic E-state index is -0.0937. The first-order valence-corrected chi connectivity index (χ1v) is 7.19. The summed E-state index contributed by atoms with van der Waals surface area (Å²) in [4.78, 5) is 18.6. The topological polar surface area (TPSA) is 42.4 Å². The third-order valence-corrected chi connectivity index (χ3v) is 3.74. The predicted octanol–water partition coefficient (Wildman–Crippen LogP) is 2.95. The molecule has 0 spiro atoms. The molecule has 1 fully saturated rings. The molecule has 3 rings (SSSR count). The van der Waals surface area contributed by atoms with Gasteiger partial charge in [-0.3, -0.25) is 4.79 Å². The number of ether oxygens (including phenoxy) is 1. The molecule has 0 aliphatic carbocycles. The van der Waals surface area contributed by atoms with E-state index in [2.05, 4.69) is 4.98 Å². The van der Waals surface area contributed by atoms with Crippen molar-refractivity contribution in [3.63, 3.8) is 0 Å². The quantitative estimate of drug-likeness (QED) is 0.856. The van der Waals surface area contributed by atoms with Crippen molar-refractivity contribution in [1.82, 2.24) is 9.88 Å². The van der Waals surface area contributed by atoms with Crippen LogP contribution in [0.4, 0.5) is 0 Å². The molecule has 108 valence electrons. The Morgan fingerprint density at radius 3 is 2.76 bits per heavy atom. The Morgan fingerprint density at radius 2 is 2.05 bits per heavy atom. The zero-order chi connectivity index (χ0) is 14.7. The molecule has 1 aromatic carbocycles. The maximum atomic E-state index is 12.7. The third kappa shape index (κ3) is 3.06. The number of hydrogen-bond donors (Lipinski definition) is 0. The van der Waals surface area contributed by atoms with E-state index in [0.29, 0.717) is 30.5 Å². The predicted molar refractivity (Wildman–Crippen MR) is 80.3 cm³/mol. The number of pyridine rings is 1. The van der Waals surface area contributed by atoms with E-state index >= 15 is 0 Å². The van der Waals surface area contributed by atoms with Crippen LogP contribution in [0.5, 0.6) is 0 Å². The molecule has 1 aliphatic rings. The average Bonchev–Trinajstić information content (AvgIpc) is 2.56. The van der Waals surface area contributed by atoms with E-state index in [1.807, 2.05) is 35.2 Å². The molecule has 0 saturated carbocycles. The molecule has 1 aromatic heterocycles. The van der Waals surface area contributed by atoms with E-state index < -0.39 is 0 Å². The van der Waals surface area contributed by atoms with Gasteiger partial charge >= 0.3 is 0 Å². The first-order valence-electron chi connectivity index (χ1n) is 6.81. The maximum Gasteiger partial charge on any atom is 0.273 e. The summed E-state index contributed by atoms with van der Waals surface area (Å²) in [6.45, 7) is 1.61. The smallest absolute Gasteiger partial charge is 0.273 e. The van der Waals surface area contributed by atoms with Crippen LogP contribution in [-0.2, 0) is 4.74 Å². The normalized spacial score (nSPS) is 18.5. The molecular weight excluding hydrogens is 288 g/mol. The number of carbonyl (C=O) groups is 1. The molecular formula is C16H15ClN2O2. The van der Waals surface area contributed by atoms with Crippen LogP contribution in [0.2, 0.25) is 5.02 Å². The molecule has 2 aromatic rings. The van der Waals surface area contributed by atoms with Crippen LogP contribution < -0.4 is 0 Å². The zero-order valence-electron chi connectivity index (χ0n) is 11.4. The van der Waals surface area contributed by atoms with E-state index in [1.165, 1.54) is 6.20 Å². The van der Waals surface area contributed by atoms with Gasteiger partial charge in [0.25, 0.3) is 5.91 Å². The fraction of sp³-hybridized carbons (Fsp3) is 0.250. The van der Waals surface area contributed by atoms with Crippen LogP contribution in [0, 0.1) is 0 Å². The third-order valence-electron chi connectivity index (χ3n) is 3.52. The Kier molecular flexibility index (Phi) is 4.18. The van der Waals surface area contributed by atoms with Crippen LogP contribution in [-0.4, -0.2) is 35.5 Å². The van der Waals surface area contributed by atoms with Gasteiger partial charge in [-0.05, 0) is 17.7 Å². The molecule has 21 heavy (non-hydrogen) atoms. The highest BCUT2D eigenvalue weighted by atomic mass is 35.5. The molecule has 0 unspecified atom stereocenters. The van der Waals surface area contributed by atoms with E-state index in [4.69, 9.17) is 16.3 Å². The molecule has 2 heterocycles. The van der Waals surface area contributed by atoms with Gasteiger partial charge in [-0.2, -0.15) is 0 Å². The SMILES string of the molecule is O=C(c1ccc(Cl)cn1)N1CCOC[C@@H]1c1ccccc1. The fourth-order valence-corrected chi connectivity index (χ4v) is 2.56. The van der Waals surface area contributed by atoms with Crippen LogP contribution in [0.1, 0.15) is 22.1 Å². The summed E-state index contributed by atoms with van der Waals surface area (Å²) in [5.41, 5.74) is 1.47. The van der Waals surface area contributed by atoms with Crippen molar-refractivity contribution >= 4 is 17.5 Å². The van der Waals surface area contributed by atoms with Crippen LogP contribution in [0.3, 0.4) is 0 Å². The van der Waals surface area contributed by atoms with Gasteiger partial charge in [0.2, 0.25) is 0 Å². The van der Waals surface area contributed by atoms with Crippen LogP contribution in [0.15, 0.2) is 48.7 Å². The van der Waals surface area contributed by atoms with Crippen molar-refractivity contribution in [2.75, 3.05) is 19.8 Å². The molecule has 1 amide bonds. The Labute approximate surface area is 128 Å². The van der Waals surface area contributed by atoms with Gasteiger partial charge in [-0.15, -0.1) is 0 Å². The Morgan fingerprint density at radius 1 is 1.24 bits per heavy atom. The van der Waals surface area contributed by atoms with Gasteiger partial charge in [0, 0.05) is 12.7 Å². The molecule has 4 nitrogen and oxygen atoms in total. The van der Waals surface area contributed by atoms with Gasteiger partial charge in [0.15, 0.2) is 0 Å². The van der Waals surface area contributed by atoms with Crippen molar-refractivity contribution < 1.29 is 9.53 Å². The van der Waals surface area contributed by atoms with Crippen molar-refractivity contribution in [3.8, 4) is 0 Å². The second-order valence-electron chi connectivity index (χ2n) is 4.86. The molecule has 0 radical (unpaired) electrons. The van der Waals surface area contributed by atoms with Crippen molar-refractivity contribution in [2.24, 2.45) is 0 Å². The van der Waals surface area contributed by atoms with E-state index in [1.54, 1.807) is 12.1 Å². The summed E-state index contributed by atoms with van der Waals surface area (Å²) >= 11 is 5.82. The minimum absolute atomic E-state index is 0.0788. The number of halogens is 1. The lowest BCUT2D eigenvalue weighted by molar-refractivity contribution is -0.00300. The number of benzene rings is 1. The first kappa shape index (κ1) is 14.0. The summed E-state index contributed by atoms with van der Waals surface area (Å²) in [6.07, 6.45) is 1.49. The Bertz CT molecular complexity index is 616. The van der Waals surface area contributed by atoms with Crippen LogP contribution in [0.25, 0.3) is 0 Å². The largest absolute Gasteiger partial charge is 0.377 e. The zero-order valence-corrected chi connectivity index (χ0v) is 12.2. The van der Waals surface area contributed by atoms with Crippen LogP contribution >= 0.6 is 11.6 Å². The average molecular weight is 303 g/mol. The summed E-state index contributed by atoms with van der Waals surface area (Å²) in [5.74, 6) is -0.0937. The molecule has 1 atom stereocenters. The number of nitrogens with zero attached hydrogens (tertiary/aromatic N) is 2. The highest BCUT2D eigenvalue weighted by molar-refractivity contribution is 6.30. The van der Waals surface area contributed by atoms with E-state index in [0.717, 1.165) is 5.56 Å². The van der Waals surface area contributed by atoms with Gasteiger partial charge < -0.3 is 9.64 Å². The summed E-state index contributed by atoms with van der Waals surface area (Å²) in [5, 5.41) is 0.521. The second kappa shape index (κ2) is 6.24. The Balaban J connectivity index is 1.87. The molecule has 0 bridgehead atoms. The number of hydrogen-bond acceptors (Lipinski definition) is 3. The summed E-state index contributed by atoms with van der Waals surface area (Å²) in [6, 6.07) is 13.2. The standard InChI is InChI=1S/C16H15ClN2O2/c17-13-6-7-14(18-10-13)16(20)19-8-9-21-11-15(19)12-4-2-1-3-5-12/h1-7,10,15H,8-9,11H2/t15-/m1/s1. The van der Waals surface area contributed by atoms with E-state index in [-0.39, 0.29) is 11.9 Å².